The number of anilines is 1. The number of para-hydroxylation sites is 1. The molecule has 1 heterocycles. The number of ether oxygens (including phenoxy) is 1. The number of carbonyl (C=O) groups excluding carboxylic acids is 1. The smallest absolute Gasteiger partial charge is 0.322 e. The van der Waals surface area contributed by atoms with Crippen molar-refractivity contribution in [2.24, 2.45) is 0 Å². The predicted octanol–water partition coefficient (Wildman–Crippen LogP) is 2.91. The molecule has 5 nitrogen and oxygen atoms in total. The van der Waals surface area contributed by atoms with Gasteiger partial charge in [0.15, 0.2) is 5.75 Å². The van der Waals surface area contributed by atoms with Crippen LogP contribution in [0.5, 0.6) is 5.75 Å². The van der Waals surface area contributed by atoms with E-state index in [1.807, 2.05) is 19.0 Å². The fourth-order valence-electron chi connectivity index (χ4n) is 2.57. The van der Waals surface area contributed by atoms with Gasteiger partial charge in [0, 0.05) is 19.1 Å². The Morgan fingerprint density at radius 1 is 1.48 bits per heavy atom. The van der Waals surface area contributed by atoms with Crippen LogP contribution in [0.15, 0.2) is 18.2 Å². The summed E-state index contributed by atoms with van der Waals surface area (Å²) in [4.78, 5) is 16.4. The molecule has 2 rings (SSSR count). The van der Waals surface area contributed by atoms with Crippen molar-refractivity contribution in [3.63, 3.8) is 0 Å². The fraction of sp³-hybridized carbons (Fsp3) is 0.533. The Morgan fingerprint density at radius 3 is 2.90 bits per heavy atom. The van der Waals surface area contributed by atoms with Gasteiger partial charge < -0.3 is 19.9 Å². The third-order valence-corrected chi connectivity index (χ3v) is 4.12. The number of benzene rings is 1. The minimum atomic E-state index is -0.109. The number of rotatable bonds is 3. The van der Waals surface area contributed by atoms with E-state index in [1.54, 1.807) is 25.3 Å². The number of amides is 2. The molecule has 1 aliphatic heterocycles. The number of urea groups is 1. The molecular weight excluding hydrogens is 290 g/mol. The molecule has 6 heteroatoms. The van der Waals surface area contributed by atoms with Crippen LogP contribution >= 0.6 is 11.6 Å². The minimum Gasteiger partial charge on any atom is -0.493 e. The van der Waals surface area contributed by atoms with E-state index in [9.17, 15) is 4.79 Å². The molecule has 1 atom stereocenters. The van der Waals surface area contributed by atoms with E-state index in [1.165, 1.54) is 0 Å². The number of carbonyl (C=O) groups is 1. The summed E-state index contributed by atoms with van der Waals surface area (Å²) in [5.41, 5.74) is 0.599. The number of nitrogens with one attached hydrogen (secondary N) is 1. The van der Waals surface area contributed by atoms with Gasteiger partial charge >= 0.3 is 6.03 Å². The lowest BCUT2D eigenvalue weighted by molar-refractivity contribution is 0.148. The highest BCUT2D eigenvalue weighted by Crippen LogP contribution is 2.32. The number of hydrogen-bond acceptors (Lipinski definition) is 3. The van der Waals surface area contributed by atoms with Crippen molar-refractivity contribution in [1.29, 1.82) is 0 Å². The first-order chi connectivity index (χ1) is 10.0. The Balaban J connectivity index is 2.06. The molecule has 1 saturated heterocycles. The predicted molar refractivity (Wildman–Crippen MR) is 85.3 cm³/mol. The lowest BCUT2D eigenvalue weighted by atomic mass is 10.1. The van der Waals surface area contributed by atoms with Crippen LogP contribution in [0.4, 0.5) is 10.5 Å². The summed E-state index contributed by atoms with van der Waals surface area (Å²) < 4.78 is 5.25. The zero-order valence-electron chi connectivity index (χ0n) is 12.7. The number of nitrogens with zero attached hydrogens (tertiary/aromatic N) is 2. The highest BCUT2D eigenvalue weighted by Gasteiger charge is 2.25. The van der Waals surface area contributed by atoms with Crippen LogP contribution in [-0.4, -0.2) is 56.2 Å². The van der Waals surface area contributed by atoms with Crippen molar-refractivity contribution >= 4 is 23.3 Å². The Kier molecular flexibility index (Phi) is 5.31. The van der Waals surface area contributed by atoms with Gasteiger partial charge in [-0.3, -0.25) is 0 Å². The largest absolute Gasteiger partial charge is 0.493 e. The maximum Gasteiger partial charge on any atom is 0.322 e. The van der Waals surface area contributed by atoms with Crippen molar-refractivity contribution in [2.45, 2.75) is 18.9 Å². The second-order valence-corrected chi connectivity index (χ2v) is 5.86. The van der Waals surface area contributed by atoms with Crippen molar-refractivity contribution < 1.29 is 9.53 Å². The van der Waals surface area contributed by atoms with Crippen LogP contribution < -0.4 is 10.1 Å². The molecular formula is C15H22ClN3O2. The summed E-state index contributed by atoms with van der Waals surface area (Å²) in [5, 5.41) is 3.38. The number of piperidine rings is 1. The SMILES string of the molecule is COc1c(Cl)cccc1NC(=O)N1CCC[C@@H](N(C)C)C1. The maximum atomic E-state index is 12.4. The molecule has 21 heavy (non-hydrogen) atoms. The Hall–Kier alpha value is -1.46. The van der Waals surface area contributed by atoms with Gasteiger partial charge in [-0.1, -0.05) is 17.7 Å². The number of halogens is 1. The lowest BCUT2D eigenvalue weighted by Gasteiger charge is -2.36. The third kappa shape index (κ3) is 3.80. The summed E-state index contributed by atoms with van der Waals surface area (Å²) >= 11 is 6.07. The quantitative estimate of drug-likeness (QED) is 0.933. The minimum absolute atomic E-state index is 0.109. The van der Waals surface area contributed by atoms with Crippen LogP contribution in [0.3, 0.4) is 0 Å². The average Bonchev–Trinajstić information content (AvgIpc) is 2.47. The molecule has 116 valence electrons. The lowest BCUT2D eigenvalue weighted by Crippen LogP contribution is -2.48. The molecule has 1 aromatic rings. The van der Waals surface area contributed by atoms with Crippen LogP contribution in [0.25, 0.3) is 0 Å². The van der Waals surface area contributed by atoms with E-state index in [0.29, 0.717) is 22.5 Å². The normalized spacial score (nSPS) is 18.7. The van der Waals surface area contributed by atoms with Crippen LogP contribution in [0.2, 0.25) is 5.02 Å². The molecule has 0 radical (unpaired) electrons. The van der Waals surface area contributed by atoms with Crippen molar-refractivity contribution in [2.75, 3.05) is 39.6 Å². The molecule has 2 amide bonds. The molecule has 0 bridgehead atoms. The monoisotopic (exact) mass is 311 g/mol. The molecule has 1 aromatic carbocycles. The molecule has 1 fully saturated rings. The number of methoxy groups -OCH3 is 1. The van der Waals surface area contributed by atoms with Gasteiger partial charge in [-0.2, -0.15) is 0 Å². The van der Waals surface area contributed by atoms with E-state index in [4.69, 9.17) is 16.3 Å². The molecule has 0 saturated carbocycles. The summed E-state index contributed by atoms with van der Waals surface area (Å²) in [6, 6.07) is 5.61. The van der Waals surface area contributed by atoms with Gasteiger partial charge in [0.2, 0.25) is 0 Å². The van der Waals surface area contributed by atoms with Crippen molar-refractivity contribution in [3.8, 4) is 5.75 Å². The number of likely N-dealkylation sites (N-methyl/N-ethyl adjacent to an activating group) is 1. The van der Waals surface area contributed by atoms with Gasteiger partial charge in [-0.25, -0.2) is 4.79 Å². The zero-order chi connectivity index (χ0) is 15.4. The highest BCUT2D eigenvalue weighted by molar-refractivity contribution is 6.32. The summed E-state index contributed by atoms with van der Waals surface area (Å²) in [7, 11) is 5.64. The van der Waals surface area contributed by atoms with Gasteiger partial charge in [0.1, 0.15) is 0 Å². The summed E-state index contributed by atoms with van der Waals surface area (Å²) in [6.45, 7) is 1.51. The van der Waals surface area contributed by atoms with E-state index >= 15 is 0 Å². The summed E-state index contributed by atoms with van der Waals surface area (Å²) in [6.07, 6.45) is 2.14. The molecule has 1 N–H and O–H groups in total. The van der Waals surface area contributed by atoms with E-state index < -0.39 is 0 Å². The first-order valence-electron chi connectivity index (χ1n) is 7.07. The highest BCUT2D eigenvalue weighted by atomic mass is 35.5. The van der Waals surface area contributed by atoms with Gasteiger partial charge in [-0.15, -0.1) is 0 Å². The molecule has 0 unspecified atom stereocenters. The van der Waals surface area contributed by atoms with Gasteiger partial charge in [-0.05, 0) is 39.1 Å². The van der Waals surface area contributed by atoms with Gasteiger partial charge in [0.05, 0.1) is 17.8 Å². The maximum absolute atomic E-state index is 12.4. The molecule has 0 aromatic heterocycles. The van der Waals surface area contributed by atoms with Crippen LogP contribution in [0.1, 0.15) is 12.8 Å². The van der Waals surface area contributed by atoms with Crippen molar-refractivity contribution in [1.82, 2.24) is 9.80 Å². The van der Waals surface area contributed by atoms with Crippen LogP contribution in [0, 0.1) is 0 Å². The second kappa shape index (κ2) is 7.00. The van der Waals surface area contributed by atoms with Gasteiger partial charge in [0.25, 0.3) is 0 Å². The number of likely N-dealkylation sites (tertiary alicyclic amines) is 1. The first kappa shape index (κ1) is 15.9. The summed E-state index contributed by atoms with van der Waals surface area (Å²) in [5.74, 6) is 0.494. The zero-order valence-corrected chi connectivity index (χ0v) is 13.5. The molecule has 0 spiro atoms. The number of hydrogen-bond donors (Lipinski definition) is 1. The second-order valence-electron chi connectivity index (χ2n) is 5.46. The first-order valence-corrected chi connectivity index (χ1v) is 7.45. The average molecular weight is 312 g/mol. The standard InChI is InChI=1S/C15H22ClN3O2/c1-18(2)11-6-5-9-19(10-11)15(20)17-13-8-4-7-12(16)14(13)21-3/h4,7-8,11H,5-6,9-10H2,1-3H3,(H,17,20)/t11-/m1/s1. The Labute approximate surface area is 130 Å². The molecule has 0 aliphatic carbocycles. The van der Waals surface area contributed by atoms with Crippen LogP contribution in [-0.2, 0) is 0 Å². The Bertz CT molecular complexity index is 508. The van der Waals surface area contributed by atoms with E-state index in [-0.39, 0.29) is 6.03 Å². The molecule has 1 aliphatic rings. The fourth-order valence-corrected chi connectivity index (χ4v) is 2.82. The third-order valence-electron chi connectivity index (χ3n) is 3.83. The van der Waals surface area contributed by atoms with E-state index in [0.717, 1.165) is 25.9 Å². The topological polar surface area (TPSA) is 44.8 Å². The van der Waals surface area contributed by atoms with E-state index in [2.05, 4.69) is 10.2 Å². The Morgan fingerprint density at radius 2 is 2.24 bits per heavy atom. The van der Waals surface area contributed by atoms with Crippen molar-refractivity contribution in [3.05, 3.63) is 23.2 Å².